The molecule has 0 rings (SSSR count). The van der Waals surface area contributed by atoms with E-state index in [4.69, 9.17) is 15.9 Å². The van der Waals surface area contributed by atoms with Crippen molar-refractivity contribution in [2.45, 2.75) is 77.6 Å². The Labute approximate surface area is 120 Å². The van der Waals surface area contributed by atoms with Crippen molar-refractivity contribution in [1.29, 1.82) is 0 Å². The fraction of sp³-hybridized carbons (Fsp3) is 0.882. The van der Waals surface area contributed by atoms with Crippen LogP contribution in [-0.2, 0) is 9.47 Å². The molecule has 0 N–H and O–H groups in total. The largest absolute Gasteiger partial charge is 0.355 e. The van der Waals surface area contributed by atoms with Gasteiger partial charge in [-0.05, 0) is 19.3 Å². The van der Waals surface area contributed by atoms with Crippen molar-refractivity contribution in [2.75, 3.05) is 20.0 Å². The van der Waals surface area contributed by atoms with E-state index in [1.54, 1.807) is 0 Å². The predicted octanol–water partition coefficient (Wildman–Crippen LogP) is 4.92. The van der Waals surface area contributed by atoms with E-state index in [0.29, 0.717) is 6.79 Å². The van der Waals surface area contributed by atoms with Gasteiger partial charge in [-0.3, -0.25) is 0 Å². The Morgan fingerprint density at radius 2 is 1.26 bits per heavy atom. The molecule has 0 aliphatic carbocycles. The fourth-order valence-electron chi connectivity index (χ4n) is 1.95. The molecule has 0 saturated carbocycles. The Balaban J connectivity index is 2.90. The smallest absolute Gasteiger partial charge is 0.146 e. The van der Waals surface area contributed by atoms with Crippen LogP contribution in [0.5, 0.6) is 0 Å². The van der Waals surface area contributed by atoms with Crippen LogP contribution in [-0.4, -0.2) is 20.0 Å². The minimum absolute atomic E-state index is 0.449. The van der Waals surface area contributed by atoms with Gasteiger partial charge in [0.1, 0.15) is 6.79 Å². The van der Waals surface area contributed by atoms with Crippen LogP contribution >= 0.6 is 0 Å². The maximum absolute atomic E-state index is 5.43. The summed E-state index contributed by atoms with van der Waals surface area (Å²) in [5.41, 5.74) is 0. The zero-order chi connectivity index (χ0) is 14.0. The number of rotatable bonds is 15. The van der Waals surface area contributed by atoms with Gasteiger partial charge in [0.05, 0.1) is 0 Å². The van der Waals surface area contributed by atoms with Crippen LogP contribution in [0.15, 0.2) is 0 Å². The number of terminal acetylenes is 1. The molecule has 112 valence electrons. The third-order valence-corrected chi connectivity index (χ3v) is 3.17. The van der Waals surface area contributed by atoms with E-state index in [-0.39, 0.29) is 0 Å². The number of hydrogen-bond donors (Lipinski definition) is 0. The van der Waals surface area contributed by atoms with Gasteiger partial charge in [-0.15, -0.1) is 12.3 Å². The SMILES string of the molecule is C#CCCCCCOCOCCCCCCCCC. The summed E-state index contributed by atoms with van der Waals surface area (Å²) < 4.78 is 10.8. The standard InChI is InChI=1S/C17H32O2/c1-3-5-7-9-10-12-14-16-19-17-18-15-13-11-8-6-4-2/h2H,3,5-17H2,1H3. The lowest BCUT2D eigenvalue weighted by Gasteiger charge is -2.05. The summed E-state index contributed by atoms with van der Waals surface area (Å²) in [7, 11) is 0. The first kappa shape index (κ1) is 18.5. The van der Waals surface area contributed by atoms with Crippen LogP contribution in [0.25, 0.3) is 0 Å². The molecule has 0 unspecified atom stereocenters. The van der Waals surface area contributed by atoms with Crippen molar-refractivity contribution < 1.29 is 9.47 Å². The van der Waals surface area contributed by atoms with Gasteiger partial charge in [0.15, 0.2) is 0 Å². The van der Waals surface area contributed by atoms with Crippen LogP contribution in [0, 0.1) is 12.3 Å². The topological polar surface area (TPSA) is 18.5 Å². The molecule has 0 spiro atoms. The molecular weight excluding hydrogens is 236 g/mol. The average Bonchev–Trinajstić information content (AvgIpc) is 2.43. The first-order valence-electron chi connectivity index (χ1n) is 8.00. The fourth-order valence-corrected chi connectivity index (χ4v) is 1.95. The van der Waals surface area contributed by atoms with Gasteiger partial charge in [-0.1, -0.05) is 51.9 Å². The lowest BCUT2D eigenvalue weighted by molar-refractivity contribution is -0.0555. The van der Waals surface area contributed by atoms with E-state index in [2.05, 4.69) is 12.8 Å². The summed E-state index contributed by atoms with van der Waals surface area (Å²) in [6.07, 6.45) is 18.7. The van der Waals surface area contributed by atoms with E-state index in [0.717, 1.165) is 45.3 Å². The molecule has 0 aliphatic heterocycles. The molecule has 0 amide bonds. The van der Waals surface area contributed by atoms with Crippen molar-refractivity contribution in [3.8, 4) is 12.3 Å². The second-order valence-electron chi connectivity index (χ2n) is 5.07. The van der Waals surface area contributed by atoms with E-state index in [9.17, 15) is 0 Å². The molecule has 0 aromatic carbocycles. The first-order valence-corrected chi connectivity index (χ1v) is 8.00. The Bertz CT molecular complexity index is 196. The van der Waals surface area contributed by atoms with Crippen LogP contribution in [0.1, 0.15) is 77.6 Å². The third-order valence-electron chi connectivity index (χ3n) is 3.17. The van der Waals surface area contributed by atoms with Crippen LogP contribution in [0.4, 0.5) is 0 Å². The minimum atomic E-state index is 0.449. The quantitative estimate of drug-likeness (QED) is 0.238. The maximum atomic E-state index is 5.43. The molecule has 2 heteroatoms. The number of hydrogen-bond acceptors (Lipinski definition) is 2. The van der Waals surface area contributed by atoms with E-state index < -0.39 is 0 Å². The van der Waals surface area contributed by atoms with Crippen molar-refractivity contribution in [2.24, 2.45) is 0 Å². The molecule has 0 aliphatic rings. The minimum Gasteiger partial charge on any atom is -0.355 e. The predicted molar refractivity (Wildman–Crippen MR) is 82.1 cm³/mol. The van der Waals surface area contributed by atoms with Gasteiger partial charge in [-0.2, -0.15) is 0 Å². The number of unbranched alkanes of at least 4 members (excludes halogenated alkanes) is 9. The average molecular weight is 268 g/mol. The summed E-state index contributed by atoms with van der Waals surface area (Å²) in [6, 6.07) is 0. The van der Waals surface area contributed by atoms with Gasteiger partial charge in [-0.25, -0.2) is 0 Å². The first-order chi connectivity index (χ1) is 9.41. The molecule has 0 atom stereocenters. The van der Waals surface area contributed by atoms with Gasteiger partial charge in [0.25, 0.3) is 0 Å². The van der Waals surface area contributed by atoms with Gasteiger partial charge >= 0.3 is 0 Å². The van der Waals surface area contributed by atoms with Gasteiger partial charge in [0, 0.05) is 19.6 Å². The summed E-state index contributed by atoms with van der Waals surface area (Å²) in [5.74, 6) is 2.65. The van der Waals surface area contributed by atoms with Crippen molar-refractivity contribution in [3.05, 3.63) is 0 Å². The Hall–Kier alpha value is -0.520. The van der Waals surface area contributed by atoms with Crippen molar-refractivity contribution in [1.82, 2.24) is 0 Å². The molecule has 0 heterocycles. The second-order valence-corrected chi connectivity index (χ2v) is 5.07. The van der Waals surface area contributed by atoms with Crippen LogP contribution < -0.4 is 0 Å². The molecule has 0 fully saturated rings. The van der Waals surface area contributed by atoms with Gasteiger partial charge in [0.2, 0.25) is 0 Å². The molecule has 0 saturated heterocycles. The second kappa shape index (κ2) is 17.5. The molecule has 0 aromatic rings. The third kappa shape index (κ3) is 17.5. The zero-order valence-electron chi connectivity index (χ0n) is 12.8. The highest BCUT2D eigenvalue weighted by Gasteiger charge is 1.93. The number of ether oxygens (including phenoxy) is 2. The Kier molecular flexibility index (Phi) is 17.0. The summed E-state index contributed by atoms with van der Waals surface area (Å²) >= 11 is 0. The highest BCUT2D eigenvalue weighted by molar-refractivity contribution is 4.82. The molecule has 0 radical (unpaired) electrons. The molecule has 0 aromatic heterocycles. The lowest BCUT2D eigenvalue weighted by Crippen LogP contribution is -2.03. The van der Waals surface area contributed by atoms with Crippen LogP contribution in [0.3, 0.4) is 0 Å². The normalized spacial score (nSPS) is 10.5. The Morgan fingerprint density at radius 3 is 1.84 bits per heavy atom. The van der Waals surface area contributed by atoms with E-state index in [1.807, 2.05) is 0 Å². The monoisotopic (exact) mass is 268 g/mol. The van der Waals surface area contributed by atoms with E-state index in [1.165, 1.54) is 38.5 Å². The highest BCUT2D eigenvalue weighted by Crippen LogP contribution is 2.06. The molecule has 0 bridgehead atoms. The van der Waals surface area contributed by atoms with E-state index >= 15 is 0 Å². The lowest BCUT2D eigenvalue weighted by atomic mass is 10.1. The maximum Gasteiger partial charge on any atom is 0.146 e. The molecular formula is C17H32O2. The highest BCUT2D eigenvalue weighted by atomic mass is 16.7. The Morgan fingerprint density at radius 1 is 0.737 bits per heavy atom. The molecule has 19 heavy (non-hydrogen) atoms. The van der Waals surface area contributed by atoms with Crippen LogP contribution in [0.2, 0.25) is 0 Å². The summed E-state index contributed by atoms with van der Waals surface area (Å²) in [4.78, 5) is 0. The summed E-state index contributed by atoms with van der Waals surface area (Å²) in [5, 5.41) is 0. The zero-order valence-corrected chi connectivity index (χ0v) is 12.8. The van der Waals surface area contributed by atoms with Gasteiger partial charge < -0.3 is 9.47 Å². The van der Waals surface area contributed by atoms with Crippen molar-refractivity contribution >= 4 is 0 Å². The summed E-state index contributed by atoms with van der Waals surface area (Å²) in [6.45, 7) is 4.33. The molecule has 2 nitrogen and oxygen atoms in total. The van der Waals surface area contributed by atoms with Crippen molar-refractivity contribution in [3.63, 3.8) is 0 Å².